The summed E-state index contributed by atoms with van der Waals surface area (Å²) >= 11 is 0.153. The van der Waals surface area contributed by atoms with Crippen LogP contribution >= 0.6 is 12.1 Å². The van der Waals surface area contributed by atoms with Crippen molar-refractivity contribution in [2.24, 2.45) is 17.8 Å². The molecule has 36 heavy (non-hydrogen) atoms. The van der Waals surface area contributed by atoms with Crippen LogP contribution in [-0.4, -0.2) is 36.1 Å². The van der Waals surface area contributed by atoms with Crippen LogP contribution in [0.3, 0.4) is 0 Å². The highest BCUT2D eigenvalue weighted by molar-refractivity contribution is 7.94. The first-order valence-corrected chi connectivity index (χ1v) is 14.4. The molecule has 5 atom stereocenters. The molecule has 0 aliphatic heterocycles. The lowest BCUT2D eigenvalue weighted by Gasteiger charge is -2.53. The molecule has 1 aromatic rings. The standard InChI is InChI=1S/C28H41FN2O4S/c1-19-15-22-18-28(16-19,17-20(2)26(22)35-34-23-7-4-3-5-8-23)31-25(32)9-6-14-30-27(33)21-10-12-24(36-29)13-11-21/h10-13,19-20,22-23,26H,3-9,14-18H2,1-2H3,(H,30,33)(H,31,32). The third-order valence-electron chi connectivity index (χ3n) is 8.17. The van der Waals surface area contributed by atoms with E-state index in [0.717, 1.165) is 38.5 Å². The summed E-state index contributed by atoms with van der Waals surface area (Å²) in [5, 5.41) is 6.25. The molecule has 1 aromatic carbocycles. The Labute approximate surface area is 219 Å². The third-order valence-corrected chi connectivity index (χ3v) is 8.62. The van der Waals surface area contributed by atoms with Crippen LogP contribution in [0, 0.1) is 17.8 Å². The van der Waals surface area contributed by atoms with Gasteiger partial charge in [-0.3, -0.25) is 9.59 Å². The largest absolute Gasteiger partial charge is 0.352 e. The highest BCUT2D eigenvalue weighted by Gasteiger charge is 2.50. The van der Waals surface area contributed by atoms with Gasteiger partial charge in [0.25, 0.3) is 5.91 Å². The summed E-state index contributed by atoms with van der Waals surface area (Å²) < 4.78 is 12.6. The van der Waals surface area contributed by atoms with Gasteiger partial charge in [0.15, 0.2) is 0 Å². The SMILES string of the molecule is CC1CC2CC(NC(=O)CCCNC(=O)c3ccc(SF)cc3)(C1)CC(C)C2OOC1CCCCC1. The lowest BCUT2D eigenvalue weighted by molar-refractivity contribution is -0.377. The highest BCUT2D eigenvalue weighted by atomic mass is 32.2. The number of halogens is 1. The summed E-state index contributed by atoms with van der Waals surface area (Å²) in [5.74, 6) is 1.07. The van der Waals surface area contributed by atoms with Gasteiger partial charge in [0.1, 0.15) is 0 Å². The van der Waals surface area contributed by atoms with Gasteiger partial charge in [0.05, 0.1) is 24.4 Å². The van der Waals surface area contributed by atoms with E-state index in [0.29, 0.717) is 47.6 Å². The molecule has 0 aromatic heterocycles. The number of carbonyl (C=O) groups excluding carboxylic acids is 2. The van der Waals surface area contributed by atoms with Crippen LogP contribution < -0.4 is 10.6 Å². The molecule has 200 valence electrons. The molecule has 3 saturated carbocycles. The van der Waals surface area contributed by atoms with Crippen molar-refractivity contribution in [2.45, 2.75) is 107 Å². The first-order chi connectivity index (χ1) is 17.4. The van der Waals surface area contributed by atoms with E-state index < -0.39 is 0 Å². The van der Waals surface area contributed by atoms with E-state index in [1.807, 2.05) is 0 Å². The van der Waals surface area contributed by atoms with Crippen LogP contribution in [0.15, 0.2) is 29.2 Å². The molecule has 0 radical (unpaired) electrons. The zero-order valence-electron chi connectivity index (χ0n) is 21.6. The molecule has 0 saturated heterocycles. The fourth-order valence-electron chi connectivity index (χ4n) is 6.75. The van der Waals surface area contributed by atoms with E-state index in [1.165, 1.54) is 19.3 Å². The van der Waals surface area contributed by atoms with Crippen molar-refractivity contribution in [3.8, 4) is 0 Å². The number of nitrogens with one attached hydrogen (secondary N) is 2. The predicted molar refractivity (Wildman–Crippen MR) is 139 cm³/mol. The predicted octanol–water partition coefficient (Wildman–Crippen LogP) is 6.15. The molecule has 4 rings (SSSR count). The number of hydrogen-bond acceptors (Lipinski definition) is 5. The van der Waals surface area contributed by atoms with E-state index in [4.69, 9.17) is 9.78 Å². The molecule has 0 heterocycles. The Hall–Kier alpha value is -1.64. The first-order valence-electron chi connectivity index (χ1n) is 13.7. The Kier molecular flexibility index (Phi) is 9.70. The van der Waals surface area contributed by atoms with E-state index in [-0.39, 0.29) is 41.7 Å². The molecule has 3 aliphatic rings. The van der Waals surface area contributed by atoms with Crippen LogP contribution in [0.5, 0.6) is 0 Å². The number of fused-ring (bicyclic) bond motifs is 2. The Morgan fingerprint density at radius 2 is 1.81 bits per heavy atom. The van der Waals surface area contributed by atoms with E-state index in [2.05, 4.69) is 24.5 Å². The molecule has 2 bridgehead atoms. The van der Waals surface area contributed by atoms with Gasteiger partial charge in [-0.15, -0.1) is 0 Å². The van der Waals surface area contributed by atoms with E-state index in [9.17, 15) is 13.5 Å². The van der Waals surface area contributed by atoms with Gasteiger partial charge in [0, 0.05) is 29.0 Å². The average molecular weight is 521 g/mol. The van der Waals surface area contributed by atoms with Gasteiger partial charge >= 0.3 is 0 Å². The lowest BCUT2D eigenvalue weighted by Crippen LogP contribution is -2.60. The molecule has 8 heteroatoms. The minimum Gasteiger partial charge on any atom is -0.352 e. The maximum atomic E-state index is 12.9. The third kappa shape index (κ3) is 7.23. The molecule has 2 amide bonds. The maximum absolute atomic E-state index is 12.9. The Morgan fingerprint density at radius 3 is 2.53 bits per heavy atom. The zero-order chi connectivity index (χ0) is 25.5. The Balaban J connectivity index is 1.23. The van der Waals surface area contributed by atoms with Crippen molar-refractivity contribution >= 4 is 24.0 Å². The molecular formula is C28H41FN2O4S. The van der Waals surface area contributed by atoms with Crippen molar-refractivity contribution in [3.63, 3.8) is 0 Å². The quantitative estimate of drug-likeness (QED) is 0.220. The van der Waals surface area contributed by atoms with Crippen molar-refractivity contribution < 1.29 is 23.2 Å². The monoisotopic (exact) mass is 520 g/mol. The second-order valence-corrected chi connectivity index (χ2v) is 12.0. The van der Waals surface area contributed by atoms with Gasteiger partial charge in [-0.2, -0.15) is 3.89 Å². The minimum absolute atomic E-state index is 0.0476. The summed E-state index contributed by atoms with van der Waals surface area (Å²) in [6, 6.07) is 6.36. The number of rotatable bonds is 10. The molecule has 0 spiro atoms. The number of benzene rings is 1. The number of carbonyl (C=O) groups is 2. The van der Waals surface area contributed by atoms with Crippen molar-refractivity contribution in [1.29, 1.82) is 0 Å². The molecule has 5 unspecified atom stereocenters. The van der Waals surface area contributed by atoms with Gasteiger partial charge in [-0.25, -0.2) is 9.78 Å². The Bertz CT molecular complexity index is 875. The van der Waals surface area contributed by atoms with Crippen LogP contribution in [-0.2, 0) is 14.6 Å². The van der Waals surface area contributed by atoms with Gasteiger partial charge in [-0.05, 0) is 87.0 Å². The first kappa shape index (κ1) is 27.4. The molecule has 2 N–H and O–H groups in total. The van der Waals surface area contributed by atoms with E-state index >= 15 is 0 Å². The summed E-state index contributed by atoms with van der Waals surface area (Å²) in [6.45, 7) is 4.92. The fourth-order valence-corrected chi connectivity index (χ4v) is 6.99. The second-order valence-electron chi connectivity index (χ2n) is 11.4. The van der Waals surface area contributed by atoms with Gasteiger partial charge in [-0.1, -0.05) is 33.1 Å². The topological polar surface area (TPSA) is 76.7 Å². The smallest absolute Gasteiger partial charge is 0.251 e. The molecular weight excluding hydrogens is 479 g/mol. The van der Waals surface area contributed by atoms with E-state index in [1.54, 1.807) is 24.3 Å². The second kappa shape index (κ2) is 12.7. The summed E-state index contributed by atoms with van der Waals surface area (Å²) in [5.41, 5.74) is 0.307. The minimum atomic E-state index is -0.212. The highest BCUT2D eigenvalue weighted by Crippen LogP contribution is 2.48. The molecule has 3 fully saturated rings. The van der Waals surface area contributed by atoms with Crippen molar-refractivity contribution in [3.05, 3.63) is 29.8 Å². The van der Waals surface area contributed by atoms with Gasteiger partial charge in [0.2, 0.25) is 5.91 Å². The molecule has 6 nitrogen and oxygen atoms in total. The fraction of sp³-hybridized carbons (Fsp3) is 0.714. The maximum Gasteiger partial charge on any atom is 0.251 e. The van der Waals surface area contributed by atoms with Crippen molar-refractivity contribution in [1.82, 2.24) is 10.6 Å². The van der Waals surface area contributed by atoms with Crippen LogP contribution in [0.25, 0.3) is 0 Å². The average Bonchev–Trinajstić information content (AvgIpc) is 2.86. The number of hydrogen-bond donors (Lipinski definition) is 2. The van der Waals surface area contributed by atoms with Gasteiger partial charge < -0.3 is 10.6 Å². The zero-order valence-corrected chi connectivity index (χ0v) is 22.4. The number of amides is 2. The normalized spacial score (nSPS) is 30.5. The summed E-state index contributed by atoms with van der Waals surface area (Å²) in [4.78, 5) is 37.7. The van der Waals surface area contributed by atoms with Crippen molar-refractivity contribution in [2.75, 3.05) is 6.54 Å². The summed E-state index contributed by atoms with van der Waals surface area (Å²) in [6.07, 6.45) is 11.1. The van der Waals surface area contributed by atoms with Crippen LogP contribution in [0.2, 0.25) is 0 Å². The summed E-state index contributed by atoms with van der Waals surface area (Å²) in [7, 11) is 0. The molecule has 3 aliphatic carbocycles. The van der Waals surface area contributed by atoms with Crippen LogP contribution in [0.4, 0.5) is 3.89 Å². The van der Waals surface area contributed by atoms with Crippen LogP contribution in [0.1, 0.15) is 94.8 Å². The Morgan fingerprint density at radius 1 is 1.06 bits per heavy atom. The lowest BCUT2D eigenvalue weighted by atomic mass is 9.60.